The Kier molecular flexibility index (Phi) is 14.2. The first-order valence-electron chi connectivity index (χ1n) is 20.3. The number of thiophene rings is 2. The Morgan fingerprint density at radius 1 is 0.707 bits per heavy atom. The van der Waals surface area contributed by atoms with Gasteiger partial charge in [0.15, 0.2) is 0 Å². The lowest BCUT2D eigenvalue weighted by molar-refractivity contribution is 0.0450. The summed E-state index contributed by atoms with van der Waals surface area (Å²) in [5.74, 6) is 0.451. The van der Waals surface area contributed by atoms with Crippen LogP contribution in [-0.2, 0) is 35.2 Å². The summed E-state index contributed by atoms with van der Waals surface area (Å²) in [6.07, 6.45) is 5.25. The van der Waals surface area contributed by atoms with Crippen LogP contribution in [0.5, 0.6) is 0 Å². The number of nitrogens with one attached hydrogen (secondary N) is 1. The van der Waals surface area contributed by atoms with E-state index in [-0.39, 0.29) is 23.9 Å². The van der Waals surface area contributed by atoms with Crippen LogP contribution in [0.3, 0.4) is 0 Å². The van der Waals surface area contributed by atoms with Crippen LogP contribution in [0.2, 0.25) is 8.67 Å². The number of rotatable bonds is 8. The molecule has 314 valence electrons. The number of nitrogens with zero attached hydrogens (tertiary/aromatic N) is 7. The fraction of sp³-hybridized carbons (Fsp3) is 0.585. The molecule has 0 spiro atoms. The summed E-state index contributed by atoms with van der Waals surface area (Å²) in [6.45, 7) is 13.8. The second-order valence-electron chi connectivity index (χ2n) is 16.4. The minimum Gasteiger partial charge on any atom is -0.378 e. The van der Waals surface area contributed by atoms with E-state index in [0.29, 0.717) is 71.6 Å². The SMILES string of the molecule is CC(C)(C)C(=O)n1nc(C2CCN(C(=O)N3CCOCC3)C2)cc1CCc1ccc(Cl)s1.O=C(N1CCOCC1)N1CCC(c2cc(CCc3ccc(Cl)s3)[nH]n2)C1. The van der Waals surface area contributed by atoms with Crippen LogP contribution in [0, 0.1) is 5.41 Å². The third-order valence-corrected chi connectivity index (χ3v) is 13.7. The van der Waals surface area contributed by atoms with E-state index < -0.39 is 5.41 Å². The lowest BCUT2D eigenvalue weighted by Gasteiger charge is -2.30. The molecule has 0 radical (unpaired) electrons. The number of aromatic amines is 1. The molecule has 4 amide bonds. The number of H-pyrrole nitrogens is 1. The molecule has 0 aromatic carbocycles. The lowest BCUT2D eigenvalue weighted by atomic mass is 9.95. The van der Waals surface area contributed by atoms with E-state index in [9.17, 15) is 14.4 Å². The van der Waals surface area contributed by atoms with E-state index in [1.165, 1.54) is 9.75 Å². The molecule has 4 aromatic heterocycles. The Morgan fingerprint density at radius 2 is 1.22 bits per heavy atom. The number of aromatic nitrogens is 4. The zero-order valence-electron chi connectivity index (χ0n) is 33.6. The third kappa shape index (κ3) is 10.8. The molecule has 8 heterocycles. The number of morpholine rings is 2. The molecule has 4 aliphatic rings. The van der Waals surface area contributed by atoms with Crippen LogP contribution in [0.4, 0.5) is 9.59 Å². The Hall–Kier alpha value is -3.47. The van der Waals surface area contributed by atoms with Crippen molar-refractivity contribution in [1.29, 1.82) is 0 Å². The van der Waals surface area contributed by atoms with Gasteiger partial charge >= 0.3 is 12.1 Å². The van der Waals surface area contributed by atoms with Gasteiger partial charge in [-0.1, -0.05) is 44.0 Å². The van der Waals surface area contributed by atoms with Crippen molar-refractivity contribution in [3.63, 3.8) is 0 Å². The van der Waals surface area contributed by atoms with Crippen LogP contribution >= 0.6 is 45.9 Å². The first-order valence-corrected chi connectivity index (χ1v) is 22.7. The van der Waals surface area contributed by atoms with Gasteiger partial charge in [-0.25, -0.2) is 14.3 Å². The summed E-state index contributed by atoms with van der Waals surface area (Å²) in [5.41, 5.74) is 3.50. The molecular weight excluding hydrogens is 820 g/mol. The molecule has 8 rings (SSSR count). The highest BCUT2D eigenvalue weighted by atomic mass is 35.5. The van der Waals surface area contributed by atoms with E-state index in [1.807, 2.05) is 58.6 Å². The number of hydrogen-bond donors (Lipinski definition) is 1. The average molecular weight is 874 g/mol. The number of amides is 4. The number of likely N-dealkylation sites (tertiary alicyclic amines) is 2. The van der Waals surface area contributed by atoms with Crippen molar-refractivity contribution in [3.05, 3.63) is 77.6 Å². The van der Waals surface area contributed by atoms with Crippen LogP contribution < -0.4 is 0 Å². The van der Waals surface area contributed by atoms with Crippen LogP contribution in [0.1, 0.15) is 82.8 Å². The van der Waals surface area contributed by atoms with Crippen LogP contribution in [0.25, 0.3) is 0 Å². The molecule has 0 aliphatic carbocycles. The highest BCUT2D eigenvalue weighted by Gasteiger charge is 2.35. The number of urea groups is 2. The predicted molar refractivity (Wildman–Crippen MR) is 228 cm³/mol. The van der Waals surface area contributed by atoms with Gasteiger partial charge in [0.25, 0.3) is 5.91 Å². The fourth-order valence-corrected chi connectivity index (χ4v) is 9.94. The highest BCUT2D eigenvalue weighted by Crippen LogP contribution is 2.31. The van der Waals surface area contributed by atoms with Gasteiger partial charge in [-0.15, -0.1) is 22.7 Å². The van der Waals surface area contributed by atoms with Gasteiger partial charge in [0, 0.05) is 90.8 Å². The van der Waals surface area contributed by atoms with Gasteiger partial charge in [0.05, 0.1) is 46.5 Å². The monoisotopic (exact) mass is 872 g/mol. The molecule has 0 saturated carbocycles. The largest absolute Gasteiger partial charge is 0.378 e. The number of carbonyl (C=O) groups is 3. The molecule has 1 N–H and O–H groups in total. The summed E-state index contributed by atoms with van der Waals surface area (Å²) in [5, 5.41) is 12.4. The van der Waals surface area contributed by atoms with Crippen LogP contribution in [-0.4, -0.2) is 136 Å². The molecule has 4 aliphatic heterocycles. The number of carbonyl (C=O) groups excluding carboxylic acids is 3. The zero-order chi connectivity index (χ0) is 40.8. The summed E-state index contributed by atoms with van der Waals surface area (Å²) in [6, 6.07) is 12.4. The fourth-order valence-electron chi connectivity index (χ4n) is 7.77. The van der Waals surface area contributed by atoms with Gasteiger partial charge in [0.1, 0.15) is 0 Å². The second-order valence-corrected chi connectivity index (χ2v) is 20.0. The van der Waals surface area contributed by atoms with E-state index in [0.717, 1.165) is 83.1 Å². The first kappa shape index (κ1) is 42.6. The summed E-state index contributed by atoms with van der Waals surface area (Å²) >= 11 is 15.3. The van der Waals surface area contributed by atoms with E-state index in [2.05, 4.69) is 28.4 Å². The molecule has 0 bridgehead atoms. The standard InChI is InChI=1S/C23H31ClN4O3S.C18H23ClN4O2S/c1-23(2,3)21(29)28-17(4-5-18-6-7-20(24)32-18)14-19(25-28)16-8-9-27(15-16)22(30)26-10-12-31-13-11-26;19-17-4-3-15(26-17)2-1-14-11-16(21-20-14)13-5-6-23(12-13)18(24)22-7-9-25-10-8-22/h6-7,14,16H,4-5,8-13,15H2,1-3H3;3-4,11,13H,1-2,5-10,12H2,(H,20,21). The maximum atomic E-state index is 13.1. The molecular formula is C41H54Cl2N8O5S2. The lowest BCUT2D eigenvalue weighted by Crippen LogP contribution is -2.47. The van der Waals surface area contributed by atoms with Gasteiger partial charge in [-0.2, -0.15) is 10.2 Å². The third-order valence-electron chi connectivity index (χ3n) is 11.1. The van der Waals surface area contributed by atoms with Crippen molar-refractivity contribution in [1.82, 2.24) is 39.6 Å². The smallest absolute Gasteiger partial charge is 0.320 e. The summed E-state index contributed by atoms with van der Waals surface area (Å²) in [7, 11) is 0. The van der Waals surface area contributed by atoms with E-state index in [4.69, 9.17) is 37.8 Å². The summed E-state index contributed by atoms with van der Waals surface area (Å²) < 4.78 is 13.9. The molecule has 13 nitrogen and oxygen atoms in total. The minimum atomic E-state index is -0.529. The van der Waals surface area contributed by atoms with Crippen molar-refractivity contribution < 1.29 is 23.9 Å². The zero-order valence-corrected chi connectivity index (χ0v) is 36.7. The van der Waals surface area contributed by atoms with Crippen molar-refractivity contribution in [2.24, 2.45) is 5.41 Å². The minimum absolute atomic E-state index is 0.0118. The van der Waals surface area contributed by atoms with Gasteiger partial charge in [0.2, 0.25) is 0 Å². The maximum absolute atomic E-state index is 13.1. The Bertz CT molecular complexity index is 2010. The van der Waals surface area contributed by atoms with Crippen molar-refractivity contribution in [3.8, 4) is 0 Å². The maximum Gasteiger partial charge on any atom is 0.320 e. The molecule has 4 fully saturated rings. The van der Waals surface area contributed by atoms with E-state index >= 15 is 0 Å². The molecule has 4 aromatic rings. The Balaban J connectivity index is 0.000000180. The number of hydrogen-bond acceptors (Lipinski definition) is 9. The topological polar surface area (TPSA) is 129 Å². The van der Waals surface area contributed by atoms with Gasteiger partial charge in [-0.3, -0.25) is 9.89 Å². The van der Waals surface area contributed by atoms with Crippen molar-refractivity contribution in [2.75, 3.05) is 78.8 Å². The normalized spacial score (nSPS) is 20.1. The average Bonchev–Trinajstić information content (AvgIpc) is 4.09. The second kappa shape index (κ2) is 19.3. The highest BCUT2D eigenvalue weighted by molar-refractivity contribution is 7.16. The quantitative estimate of drug-likeness (QED) is 0.195. The number of aryl methyl sites for hydroxylation is 4. The predicted octanol–water partition coefficient (Wildman–Crippen LogP) is 7.46. The Labute approximate surface area is 358 Å². The molecule has 2 unspecified atom stereocenters. The van der Waals surface area contributed by atoms with E-state index in [1.54, 1.807) is 27.4 Å². The van der Waals surface area contributed by atoms with Crippen molar-refractivity contribution in [2.45, 2.75) is 71.1 Å². The molecule has 4 saturated heterocycles. The number of ether oxygens (including phenoxy) is 2. The molecule has 17 heteroatoms. The molecule has 2 atom stereocenters. The number of halogens is 2. The van der Waals surface area contributed by atoms with Crippen molar-refractivity contribution >= 4 is 63.8 Å². The molecule has 58 heavy (non-hydrogen) atoms. The Morgan fingerprint density at radius 3 is 1.72 bits per heavy atom. The van der Waals surface area contributed by atoms with Gasteiger partial charge < -0.3 is 29.1 Å². The summed E-state index contributed by atoms with van der Waals surface area (Å²) in [4.78, 5) is 48.7. The first-order chi connectivity index (χ1) is 27.9. The van der Waals surface area contributed by atoms with Gasteiger partial charge in [-0.05, 0) is 74.9 Å². The van der Waals surface area contributed by atoms with Crippen LogP contribution in [0.15, 0.2) is 36.4 Å².